The van der Waals surface area contributed by atoms with Crippen molar-refractivity contribution in [1.29, 1.82) is 0 Å². The molecule has 7 nitrogen and oxygen atoms in total. The third-order valence-corrected chi connectivity index (χ3v) is 4.75. The number of benzene rings is 1. The van der Waals surface area contributed by atoms with Crippen LogP contribution in [0.15, 0.2) is 27.7 Å². The first kappa shape index (κ1) is 24.3. The fourth-order valence-corrected chi connectivity index (χ4v) is 3.21. The molecule has 0 amide bonds. The van der Waals surface area contributed by atoms with E-state index in [1.807, 2.05) is 6.92 Å². The normalized spacial score (nSPS) is 15.8. The zero-order valence-electron chi connectivity index (χ0n) is 18.7. The van der Waals surface area contributed by atoms with Crippen molar-refractivity contribution >= 4 is 29.9 Å². The topological polar surface area (TPSA) is 80.9 Å². The van der Waals surface area contributed by atoms with E-state index >= 15 is 0 Å². The molecule has 2 N–H and O–H groups in total. The summed E-state index contributed by atoms with van der Waals surface area (Å²) in [4.78, 5) is 8.63. The lowest BCUT2D eigenvalue weighted by Crippen LogP contribution is -2.36. The van der Waals surface area contributed by atoms with Crippen molar-refractivity contribution in [2.24, 2.45) is 4.99 Å². The van der Waals surface area contributed by atoms with Crippen molar-refractivity contribution in [3.05, 3.63) is 41.1 Å². The van der Waals surface area contributed by atoms with Gasteiger partial charge in [-0.3, -0.25) is 4.99 Å². The molecule has 2 aromatic rings. The first-order chi connectivity index (χ1) is 13.8. The van der Waals surface area contributed by atoms with Crippen molar-refractivity contribution in [1.82, 2.24) is 15.6 Å². The summed E-state index contributed by atoms with van der Waals surface area (Å²) in [6.45, 7) is 12.0. The van der Waals surface area contributed by atoms with Crippen LogP contribution in [0.25, 0.3) is 0 Å². The summed E-state index contributed by atoms with van der Waals surface area (Å²) < 4.78 is 17.6. The molecule has 0 aliphatic carbocycles. The van der Waals surface area contributed by atoms with Gasteiger partial charge in [-0.15, -0.1) is 24.0 Å². The average molecular weight is 528 g/mol. The maximum atomic E-state index is 5.90. The second kappa shape index (κ2) is 10.4. The molecule has 1 aliphatic rings. The largest absolute Gasteiger partial charge is 0.494 e. The summed E-state index contributed by atoms with van der Waals surface area (Å²) in [5, 5.41) is 6.57. The molecule has 0 spiro atoms. The molecule has 0 saturated carbocycles. The molecule has 0 bridgehead atoms. The molecule has 1 atom stereocenters. The highest BCUT2D eigenvalue weighted by Crippen LogP contribution is 2.35. The Bertz CT molecular complexity index is 874. The number of oxazole rings is 1. The van der Waals surface area contributed by atoms with Crippen molar-refractivity contribution in [3.63, 3.8) is 0 Å². The molecule has 30 heavy (non-hydrogen) atoms. The van der Waals surface area contributed by atoms with Crippen LogP contribution < -0.4 is 20.1 Å². The van der Waals surface area contributed by atoms with Gasteiger partial charge in [0.15, 0.2) is 5.96 Å². The van der Waals surface area contributed by atoms with Gasteiger partial charge in [-0.2, -0.15) is 0 Å². The Morgan fingerprint density at radius 2 is 2.00 bits per heavy atom. The van der Waals surface area contributed by atoms with Crippen LogP contribution in [0.2, 0.25) is 0 Å². The van der Waals surface area contributed by atoms with E-state index in [0.29, 0.717) is 31.5 Å². The number of aromatic nitrogens is 1. The van der Waals surface area contributed by atoms with Crippen LogP contribution in [0.3, 0.4) is 0 Å². The van der Waals surface area contributed by atoms with Gasteiger partial charge in [-0.1, -0.05) is 20.8 Å². The molecule has 2 heterocycles. The van der Waals surface area contributed by atoms with E-state index in [-0.39, 0.29) is 35.5 Å². The molecule has 8 heteroatoms. The van der Waals surface area contributed by atoms with E-state index in [2.05, 4.69) is 60.4 Å². The molecule has 1 aromatic heterocycles. The number of nitrogens with zero attached hydrogens (tertiary/aromatic N) is 2. The number of fused-ring (bicyclic) bond motifs is 1. The van der Waals surface area contributed by atoms with Crippen molar-refractivity contribution in [2.45, 2.75) is 65.6 Å². The average Bonchev–Trinajstić information content (AvgIpc) is 3.27. The summed E-state index contributed by atoms with van der Waals surface area (Å²) >= 11 is 0. The van der Waals surface area contributed by atoms with Gasteiger partial charge in [0.25, 0.3) is 0 Å². The summed E-state index contributed by atoms with van der Waals surface area (Å²) in [5.74, 6) is 3.99. The van der Waals surface area contributed by atoms with Crippen molar-refractivity contribution in [2.75, 3.05) is 13.7 Å². The lowest BCUT2D eigenvalue weighted by molar-refractivity contribution is 0.254. The number of guanidine groups is 1. The number of hydrogen-bond acceptors (Lipinski definition) is 5. The molecule has 0 fully saturated rings. The molecule has 0 saturated heterocycles. The number of halogens is 1. The number of hydrogen-bond donors (Lipinski definition) is 2. The van der Waals surface area contributed by atoms with E-state index in [0.717, 1.165) is 29.2 Å². The highest BCUT2D eigenvalue weighted by Gasteiger charge is 2.22. The molecule has 1 unspecified atom stereocenters. The van der Waals surface area contributed by atoms with E-state index in [4.69, 9.17) is 13.9 Å². The van der Waals surface area contributed by atoms with Crippen LogP contribution in [0, 0.1) is 0 Å². The molecule has 166 valence electrons. The lowest BCUT2D eigenvalue weighted by atomic mass is 9.94. The molecular weight excluding hydrogens is 495 g/mol. The highest BCUT2D eigenvalue weighted by atomic mass is 127. The Hall–Kier alpha value is -1.97. The van der Waals surface area contributed by atoms with Gasteiger partial charge in [0.1, 0.15) is 23.4 Å². The van der Waals surface area contributed by atoms with Crippen LogP contribution in [0.5, 0.6) is 11.5 Å². The minimum Gasteiger partial charge on any atom is -0.494 e. The zero-order valence-corrected chi connectivity index (χ0v) is 21.0. The molecular formula is C22H33IN4O3. The van der Waals surface area contributed by atoms with E-state index in [9.17, 15) is 0 Å². The van der Waals surface area contributed by atoms with Gasteiger partial charge in [0.05, 0.1) is 19.3 Å². The SMILES string of the molecule is CCOc1cc2c(cc1CNC(=NC)NCc1ncc(C(C)(C)C)o1)OC(C)C2.I. The lowest BCUT2D eigenvalue weighted by Gasteiger charge is -2.15. The standard InChI is InChI=1S/C22H32N4O3.HI/c1-7-27-17-9-15-8-14(2)28-18(15)10-16(17)11-25-21(23-6)26-13-20-24-12-19(29-20)22(3,4)5;/h9-10,12,14H,7-8,11,13H2,1-6H3,(H2,23,25,26);1H. The van der Waals surface area contributed by atoms with Crippen LogP contribution in [0.4, 0.5) is 0 Å². The van der Waals surface area contributed by atoms with Gasteiger partial charge >= 0.3 is 0 Å². The zero-order chi connectivity index (χ0) is 21.0. The molecule has 0 radical (unpaired) electrons. The van der Waals surface area contributed by atoms with Gasteiger partial charge in [0, 0.05) is 36.6 Å². The third kappa shape index (κ3) is 6.02. The minimum absolute atomic E-state index is 0. The second-order valence-corrected chi connectivity index (χ2v) is 8.28. The fourth-order valence-electron chi connectivity index (χ4n) is 3.21. The van der Waals surface area contributed by atoms with E-state index in [1.54, 1.807) is 13.2 Å². The maximum absolute atomic E-state index is 5.90. The quantitative estimate of drug-likeness (QED) is 0.333. The molecule has 1 aliphatic heterocycles. The Morgan fingerprint density at radius 3 is 2.63 bits per heavy atom. The number of aliphatic imine (C=N–C) groups is 1. The van der Waals surface area contributed by atoms with E-state index < -0.39 is 0 Å². The van der Waals surface area contributed by atoms with Crippen molar-refractivity contribution in [3.8, 4) is 11.5 Å². The van der Waals surface area contributed by atoms with Crippen LogP contribution >= 0.6 is 24.0 Å². The predicted molar refractivity (Wildman–Crippen MR) is 129 cm³/mol. The Balaban J connectivity index is 0.00000320. The van der Waals surface area contributed by atoms with Gasteiger partial charge in [0.2, 0.25) is 5.89 Å². The first-order valence-electron chi connectivity index (χ1n) is 10.1. The number of nitrogens with one attached hydrogen (secondary N) is 2. The fraction of sp³-hybridized carbons (Fsp3) is 0.545. The number of rotatable bonds is 6. The Labute approximate surface area is 196 Å². The summed E-state index contributed by atoms with van der Waals surface area (Å²) in [6, 6.07) is 4.16. The Kier molecular flexibility index (Phi) is 8.40. The van der Waals surface area contributed by atoms with Gasteiger partial charge in [-0.05, 0) is 26.0 Å². The van der Waals surface area contributed by atoms with Crippen LogP contribution in [0.1, 0.15) is 57.4 Å². The monoisotopic (exact) mass is 528 g/mol. The second-order valence-electron chi connectivity index (χ2n) is 8.28. The third-order valence-electron chi connectivity index (χ3n) is 4.75. The van der Waals surface area contributed by atoms with Gasteiger partial charge < -0.3 is 24.5 Å². The smallest absolute Gasteiger partial charge is 0.213 e. The predicted octanol–water partition coefficient (Wildman–Crippen LogP) is 4.18. The summed E-state index contributed by atoms with van der Waals surface area (Å²) in [5.41, 5.74) is 2.17. The maximum Gasteiger partial charge on any atom is 0.213 e. The molecule has 3 rings (SSSR count). The van der Waals surface area contributed by atoms with Crippen LogP contribution in [-0.2, 0) is 24.9 Å². The summed E-state index contributed by atoms with van der Waals surface area (Å²) in [6.07, 6.45) is 2.91. The molecule has 1 aromatic carbocycles. The highest BCUT2D eigenvalue weighted by molar-refractivity contribution is 14.0. The Morgan fingerprint density at radius 1 is 1.27 bits per heavy atom. The van der Waals surface area contributed by atoms with E-state index in [1.165, 1.54) is 5.56 Å². The first-order valence-corrected chi connectivity index (χ1v) is 10.1. The van der Waals surface area contributed by atoms with Crippen LogP contribution in [-0.4, -0.2) is 30.7 Å². The van der Waals surface area contributed by atoms with Gasteiger partial charge in [-0.25, -0.2) is 4.98 Å². The number of ether oxygens (including phenoxy) is 2. The minimum atomic E-state index is -0.0615. The summed E-state index contributed by atoms with van der Waals surface area (Å²) in [7, 11) is 1.74. The van der Waals surface area contributed by atoms with Crippen molar-refractivity contribution < 1.29 is 13.9 Å².